The van der Waals surface area contributed by atoms with Crippen LogP contribution in [0.2, 0.25) is 0 Å². The van der Waals surface area contributed by atoms with Crippen molar-refractivity contribution < 1.29 is 13.2 Å². The van der Waals surface area contributed by atoms with Gasteiger partial charge in [0, 0.05) is 50.2 Å². The van der Waals surface area contributed by atoms with Gasteiger partial charge in [-0.15, -0.1) is 11.3 Å². The molecule has 9 heteroatoms. The SMILES string of the molecule is C[C@@H]1CCCN(S(=O)(=O)c2cccc(-c3csc(=Nc4ccccc4)n3CCN3CCOCC3)c2)C1. The second-order valence-corrected chi connectivity index (χ2v) is 12.4. The molecule has 36 heavy (non-hydrogen) atoms. The van der Waals surface area contributed by atoms with E-state index in [1.165, 1.54) is 0 Å². The Hall–Kier alpha value is -2.30. The van der Waals surface area contributed by atoms with E-state index in [1.54, 1.807) is 21.7 Å². The smallest absolute Gasteiger partial charge is 0.243 e. The fraction of sp³-hybridized carbons (Fsp3) is 0.444. The Balaban J connectivity index is 1.50. The van der Waals surface area contributed by atoms with Gasteiger partial charge >= 0.3 is 0 Å². The molecule has 1 aromatic heterocycles. The second kappa shape index (κ2) is 11.4. The Morgan fingerprint density at radius 1 is 1.03 bits per heavy atom. The predicted molar refractivity (Wildman–Crippen MR) is 144 cm³/mol. The summed E-state index contributed by atoms with van der Waals surface area (Å²) in [5, 5.41) is 2.09. The van der Waals surface area contributed by atoms with E-state index < -0.39 is 10.0 Å². The molecular formula is C27H34N4O3S2. The van der Waals surface area contributed by atoms with Gasteiger partial charge < -0.3 is 9.30 Å². The summed E-state index contributed by atoms with van der Waals surface area (Å²) in [5.41, 5.74) is 2.79. The molecule has 0 spiro atoms. The first kappa shape index (κ1) is 25.4. The molecular weight excluding hydrogens is 492 g/mol. The highest BCUT2D eigenvalue weighted by molar-refractivity contribution is 7.89. The van der Waals surface area contributed by atoms with Crippen molar-refractivity contribution >= 4 is 27.0 Å². The van der Waals surface area contributed by atoms with Crippen molar-refractivity contribution in [3.63, 3.8) is 0 Å². The number of hydrogen-bond donors (Lipinski definition) is 0. The van der Waals surface area contributed by atoms with Gasteiger partial charge in [0.25, 0.3) is 0 Å². The minimum atomic E-state index is -3.53. The van der Waals surface area contributed by atoms with Gasteiger partial charge in [-0.05, 0) is 43.0 Å². The third kappa shape index (κ3) is 5.81. The van der Waals surface area contributed by atoms with Crippen molar-refractivity contribution in [1.29, 1.82) is 0 Å². The fourth-order valence-corrected chi connectivity index (χ4v) is 7.47. The van der Waals surface area contributed by atoms with Gasteiger partial charge in [0.2, 0.25) is 10.0 Å². The normalized spacial score (nSPS) is 20.6. The summed E-state index contributed by atoms with van der Waals surface area (Å²) in [7, 11) is -3.53. The van der Waals surface area contributed by atoms with Crippen LogP contribution in [0.15, 0.2) is 69.9 Å². The topological polar surface area (TPSA) is 67.1 Å². The van der Waals surface area contributed by atoms with Crippen molar-refractivity contribution in [3.05, 3.63) is 64.8 Å². The average molecular weight is 527 g/mol. The van der Waals surface area contributed by atoms with Crippen molar-refractivity contribution in [3.8, 4) is 11.3 Å². The number of morpholine rings is 1. The minimum absolute atomic E-state index is 0.363. The van der Waals surface area contributed by atoms with Crippen molar-refractivity contribution in [1.82, 2.24) is 13.8 Å². The molecule has 0 amide bonds. The highest BCUT2D eigenvalue weighted by atomic mass is 32.2. The molecule has 2 fully saturated rings. The van der Waals surface area contributed by atoms with Crippen LogP contribution in [0, 0.1) is 5.92 Å². The molecule has 1 atom stereocenters. The maximum absolute atomic E-state index is 13.5. The van der Waals surface area contributed by atoms with Crippen molar-refractivity contribution in [2.75, 3.05) is 45.9 Å². The summed E-state index contributed by atoms with van der Waals surface area (Å²) >= 11 is 1.59. The van der Waals surface area contributed by atoms with E-state index >= 15 is 0 Å². The lowest BCUT2D eigenvalue weighted by atomic mass is 10.0. The quantitative estimate of drug-likeness (QED) is 0.463. The van der Waals surface area contributed by atoms with Gasteiger partial charge in [0.05, 0.1) is 29.5 Å². The molecule has 0 aliphatic carbocycles. The molecule has 0 N–H and O–H groups in total. The Labute approximate surface area is 217 Å². The van der Waals surface area contributed by atoms with Crippen LogP contribution in [-0.4, -0.2) is 68.1 Å². The highest BCUT2D eigenvalue weighted by Gasteiger charge is 2.29. The maximum atomic E-state index is 13.5. The second-order valence-electron chi connectivity index (χ2n) is 9.59. The summed E-state index contributed by atoms with van der Waals surface area (Å²) in [4.78, 5) is 8.59. The molecule has 5 rings (SSSR count). The summed E-state index contributed by atoms with van der Waals surface area (Å²) in [6.45, 7) is 8.33. The molecule has 2 aliphatic heterocycles. The van der Waals surface area contributed by atoms with Gasteiger partial charge in [0.15, 0.2) is 4.80 Å². The predicted octanol–water partition coefficient (Wildman–Crippen LogP) is 4.20. The zero-order valence-electron chi connectivity index (χ0n) is 20.8. The summed E-state index contributed by atoms with van der Waals surface area (Å²) in [5.74, 6) is 0.387. The van der Waals surface area contributed by atoms with Crippen LogP contribution >= 0.6 is 11.3 Å². The summed E-state index contributed by atoms with van der Waals surface area (Å²) < 4.78 is 36.3. The number of thiazole rings is 1. The van der Waals surface area contributed by atoms with E-state index in [4.69, 9.17) is 9.73 Å². The Morgan fingerprint density at radius 3 is 2.61 bits per heavy atom. The van der Waals surface area contributed by atoms with Crippen LogP contribution < -0.4 is 4.80 Å². The fourth-order valence-electron chi connectivity index (χ4n) is 4.87. The zero-order chi connectivity index (χ0) is 25.0. The first-order valence-electron chi connectivity index (χ1n) is 12.7. The molecule has 0 radical (unpaired) electrons. The Kier molecular flexibility index (Phi) is 8.03. The van der Waals surface area contributed by atoms with E-state index in [0.717, 1.165) is 74.0 Å². The number of sulfonamides is 1. The maximum Gasteiger partial charge on any atom is 0.243 e. The van der Waals surface area contributed by atoms with Crippen LogP contribution in [0.3, 0.4) is 0 Å². The molecule has 0 saturated carbocycles. The van der Waals surface area contributed by atoms with Crippen LogP contribution in [0.5, 0.6) is 0 Å². The van der Waals surface area contributed by atoms with Gasteiger partial charge in [-0.25, -0.2) is 13.4 Å². The largest absolute Gasteiger partial charge is 0.379 e. The van der Waals surface area contributed by atoms with Crippen LogP contribution in [-0.2, 0) is 21.3 Å². The summed E-state index contributed by atoms with van der Waals surface area (Å²) in [6, 6.07) is 17.4. The van der Waals surface area contributed by atoms with E-state index in [0.29, 0.717) is 23.9 Å². The van der Waals surface area contributed by atoms with Gasteiger partial charge in [-0.2, -0.15) is 4.31 Å². The van der Waals surface area contributed by atoms with Crippen LogP contribution in [0.1, 0.15) is 19.8 Å². The van der Waals surface area contributed by atoms with Gasteiger partial charge in [0.1, 0.15) is 0 Å². The van der Waals surface area contributed by atoms with Crippen LogP contribution in [0.25, 0.3) is 11.3 Å². The number of ether oxygens (including phenoxy) is 1. The molecule has 0 unspecified atom stereocenters. The van der Waals surface area contributed by atoms with E-state index in [2.05, 4.69) is 21.8 Å². The monoisotopic (exact) mass is 526 g/mol. The number of piperidine rings is 1. The number of aromatic nitrogens is 1. The first-order valence-corrected chi connectivity index (χ1v) is 15.0. The van der Waals surface area contributed by atoms with Crippen molar-refractivity contribution in [2.24, 2.45) is 10.9 Å². The minimum Gasteiger partial charge on any atom is -0.379 e. The lowest BCUT2D eigenvalue weighted by Gasteiger charge is -2.30. The molecule has 3 aromatic rings. The number of rotatable bonds is 7. The van der Waals surface area contributed by atoms with Crippen molar-refractivity contribution in [2.45, 2.75) is 31.2 Å². The lowest BCUT2D eigenvalue weighted by molar-refractivity contribution is 0.0363. The van der Waals surface area contributed by atoms with Crippen LogP contribution in [0.4, 0.5) is 5.69 Å². The molecule has 2 saturated heterocycles. The van der Waals surface area contributed by atoms with E-state index in [1.807, 2.05) is 48.5 Å². The molecule has 0 bridgehead atoms. The van der Waals surface area contributed by atoms with E-state index in [9.17, 15) is 8.42 Å². The molecule has 2 aromatic carbocycles. The number of benzene rings is 2. The highest BCUT2D eigenvalue weighted by Crippen LogP contribution is 2.28. The standard InChI is InChI=1S/C27H34N4O3S2/c1-22-7-6-12-30(20-22)36(32,33)25-11-5-8-23(19-25)26-21-35-27(28-24-9-3-2-4-10-24)31(26)14-13-29-15-17-34-18-16-29/h2-5,8-11,19,21-22H,6-7,12-18,20H2,1H3/t22-/m1/s1. The molecule has 2 aliphatic rings. The third-order valence-electron chi connectivity index (χ3n) is 6.91. The zero-order valence-corrected chi connectivity index (χ0v) is 22.4. The molecule has 192 valence electrons. The van der Waals surface area contributed by atoms with Gasteiger partial charge in [-0.3, -0.25) is 4.90 Å². The van der Waals surface area contributed by atoms with E-state index in [-0.39, 0.29) is 0 Å². The lowest BCUT2D eigenvalue weighted by Crippen LogP contribution is -2.39. The summed E-state index contributed by atoms with van der Waals surface area (Å²) in [6.07, 6.45) is 1.99. The number of nitrogens with zero attached hydrogens (tertiary/aromatic N) is 4. The first-order chi connectivity index (χ1) is 17.5. The Morgan fingerprint density at radius 2 is 1.83 bits per heavy atom. The van der Waals surface area contributed by atoms with Gasteiger partial charge in [-0.1, -0.05) is 37.3 Å². The average Bonchev–Trinajstić information content (AvgIpc) is 3.31. The Bertz CT molecular complexity index is 1330. The number of hydrogen-bond acceptors (Lipinski definition) is 6. The molecule has 7 nitrogen and oxygen atoms in total. The molecule has 3 heterocycles. The number of para-hydroxylation sites is 1. The third-order valence-corrected chi connectivity index (χ3v) is 9.63.